The highest BCUT2D eigenvalue weighted by Crippen LogP contribution is 2.33. The molecule has 29 heavy (non-hydrogen) atoms. The van der Waals surface area contributed by atoms with Crippen LogP contribution in [-0.4, -0.2) is 31.2 Å². The van der Waals surface area contributed by atoms with Crippen LogP contribution >= 0.6 is 23.4 Å². The highest BCUT2D eigenvalue weighted by Gasteiger charge is 2.27. The number of sulfone groups is 1. The first kappa shape index (κ1) is 21.7. The molecule has 0 aliphatic carbocycles. The lowest BCUT2D eigenvalue weighted by Gasteiger charge is -2.15. The van der Waals surface area contributed by atoms with E-state index in [9.17, 15) is 18.0 Å². The fourth-order valence-electron chi connectivity index (χ4n) is 2.89. The summed E-state index contributed by atoms with van der Waals surface area (Å²) in [5.41, 5.74) is 1.26. The Morgan fingerprint density at radius 2 is 2.03 bits per heavy atom. The SMILES string of the molecule is C[C@@H](CC(=O)NCc1ccccc1Cl)S(=O)(=O)c1ccc2c(c1)NC(=O)CCS2. The number of amides is 2. The highest BCUT2D eigenvalue weighted by atomic mass is 35.5. The van der Waals surface area contributed by atoms with Gasteiger partial charge in [-0.3, -0.25) is 9.59 Å². The maximum Gasteiger partial charge on any atom is 0.225 e. The first-order valence-corrected chi connectivity index (χ1v) is 12.0. The zero-order chi connectivity index (χ0) is 21.0. The highest BCUT2D eigenvalue weighted by molar-refractivity contribution is 7.99. The molecule has 0 aromatic heterocycles. The molecule has 2 amide bonds. The third kappa shape index (κ3) is 5.32. The fraction of sp³-hybridized carbons (Fsp3) is 0.300. The minimum absolute atomic E-state index is 0.0884. The molecule has 154 valence electrons. The molecule has 0 saturated heterocycles. The molecule has 2 N–H and O–H groups in total. The van der Waals surface area contributed by atoms with Crippen LogP contribution in [0.15, 0.2) is 52.3 Å². The number of hydrogen-bond acceptors (Lipinski definition) is 5. The normalized spacial score (nSPS) is 15.0. The maximum atomic E-state index is 12.9. The Balaban J connectivity index is 1.68. The number of fused-ring (bicyclic) bond motifs is 1. The molecule has 0 fully saturated rings. The molecule has 2 aromatic rings. The first-order chi connectivity index (χ1) is 13.8. The minimum Gasteiger partial charge on any atom is -0.352 e. The van der Waals surface area contributed by atoms with Crippen LogP contribution in [0, 0.1) is 0 Å². The van der Waals surface area contributed by atoms with Gasteiger partial charge in [0.1, 0.15) is 0 Å². The second-order valence-electron chi connectivity index (χ2n) is 6.73. The lowest BCUT2D eigenvalue weighted by molar-refractivity contribution is -0.121. The summed E-state index contributed by atoms with van der Waals surface area (Å²) in [5, 5.41) is 5.08. The van der Waals surface area contributed by atoms with Gasteiger partial charge in [0.05, 0.1) is 15.8 Å². The van der Waals surface area contributed by atoms with Crippen LogP contribution in [0.3, 0.4) is 0 Å². The van der Waals surface area contributed by atoms with Crippen LogP contribution in [0.2, 0.25) is 5.02 Å². The van der Waals surface area contributed by atoms with Crippen LogP contribution in [0.4, 0.5) is 5.69 Å². The van der Waals surface area contributed by atoms with Crippen LogP contribution < -0.4 is 10.6 Å². The van der Waals surface area contributed by atoms with Crippen molar-refractivity contribution < 1.29 is 18.0 Å². The molecule has 0 saturated carbocycles. The van der Waals surface area contributed by atoms with E-state index >= 15 is 0 Å². The summed E-state index contributed by atoms with van der Waals surface area (Å²) in [6.07, 6.45) is 0.203. The van der Waals surface area contributed by atoms with Crippen molar-refractivity contribution in [1.29, 1.82) is 0 Å². The molecule has 0 unspecified atom stereocenters. The Kier molecular flexibility index (Phi) is 6.87. The second-order valence-corrected chi connectivity index (χ2v) is 10.6. The lowest BCUT2D eigenvalue weighted by atomic mass is 10.2. The summed E-state index contributed by atoms with van der Waals surface area (Å²) in [7, 11) is -3.74. The Morgan fingerprint density at radius 3 is 2.79 bits per heavy atom. The van der Waals surface area contributed by atoms with E-state index in [2.05, 4.69) is 10.6 Å². The number of carbonyl (C=O) groups is 2. The van der Waals surface area contributed by atoms with Crippen molar-refractivity contribution in [2.75, 3.05) is 11.1 Å². The van der Waals surface area contributed by atoms with Gasteiger partial charge in [0, 0.05) is 35.1 Å². The predicted octanol–water partition coefficient (Wildman–Crippen LogP) is 3.64. The van der Waals surface area contributed by atoms with Crippen molar-refractivity contribution in [3.05, 3.63) is 53.1 Å². The van der Waals surface area contributed by atoms with Crippen molar-refractivity contribution in [2.45, 2.75) is 41.4 Å². The molecule has 0 radical (unpaired) electrons. The maximum absolute atomic E-state index is 12.9. The number of halogens is 1. The largest absolute Gasteiger partial charge is 0.352 e. The Hall–Kier alpha value is -2.03. The standard InChI is InChI=1S/C20H21ClN2O4S2/c1-13(10-20(25)22-12-14-4-2-3-5-16(14)21)29(26,27)15-6-7-18-17(11-15)23-19(24)8-9-28-18/h2-7,11,13H,8-10,12H2,1H3,(H,22,25)(H,23,24)/t13-/m0/s1. The number of thioether (sulfide) groups is 1. The number of benzene rings is 2. The van der Waals surface area contributed by atoms with Gasteiger partial charge >= 0.3 is 0 Å². The van der Waals surface area contributed by atoms with Gasteiger partial charge < -0.3 is 10.6 Å². The van der Waals surface area contributed by atoms with Crippen molar-refractivity contribution >= 4 is 50.7 Å². The smallest absolute Gasteiger partial charge is 0.225 e. The number of anilines is 1. The predicted molar refractivity (Wildman–Crippen MR) is 115 cm³/mol. The van der Waals surface area contributed by atoms with Crippen LogP contribution in [0.25, 0.3) is 0 Å². The summed E-state index contributed by atoms with van der Waals surface area (Å²) in [4.78, 5) is 24.9. The summed E-state index contributed by atoms with van der Waals surface area (Å²) in [5.74, 6) is 0.129. The van der Waals surface area contributed by atoms with E-state index in [4.69, 9.17) is 11.6 Å². The molecular weight excluding hydrogens is 432 g/mol. The van der Waals surface area contributed by atoms with E-state index in [1.54, 1.807) is 24.3 Å². The summed E-state index contributed by atoms with van der Waals surface area (Å²) in [6, 6.07) is 11.8. The average Bonchev–Trinajstić information content (AvgIpc) is 2.87. The van der Waals surface area contributed by atoms with E-state index in [-0.39, 0.29) is 29.7 Å². The molecule has 6 nitrogen and oxygen atoms in total. The molecular formula is C20H21ClN2O4S2. The number of nitrogens with one attached hydrogen (secondary N) is 2. The fourth-order valence-corrected chi connectivity index (χ4v) is 5.40. The van der Waals surface area contributed by atoms with E-state index < -0.39 is 15.1 Å². The molecule has 1 atom stereocenters. The minimum atomic E-state index is -3.74. The molecule has 1 aliphatic rings. The van der Waals surface area contributed by atoms with Gasteiger partial charge in [-0.1, -0.05) is 29.8 Å². The number of rotatable bonds is 6. The van der Waals surface area contributed by atoms with Gasteiger partial charge in [0.2, 0.25) is 11.8 Å². The van der Waals surface area contributed by atoms with E-state index in [0.717, 1.165) is 10.5 Å². The van der Waals surface area contributed by atoms with Crippen LogP contribution in [0.5, 0.6) is 0 Å². The van der Waals surface area contributed by atoms with Gasteiger partial charge in [0.15, 0.2) is 9.84 Å². The third-order valence-electron chi connectivity index (χ3n) is 4.58. The topological polar surface area (TPSA) is 92.3 Å². The van der Waals surface area contributed by atoms with Crippen molar-refractivity contribution in [2.24, 2.45) is 0 Å². The second kappa shape index (κ2) is 9.19. The van der Waals surface area contributed by atoms with E-state index in [0.29, 0.717) is 22.9 Å². The number of hydrogen-bond donors (Lipinski definition) is 2. The van der Waals surface area contributed by atoms with Crippen LogP contribution in [-0.2, 0) is 26.0 Å². The molecule has 2 aromatic carbocycles. The molecule has 9 heteroatoms. The molecule has 0 spiro atoms. The molecule has 3 rings (SSSR count). The van der Waals surface area contributed by atoms with Gasteiger partial charge in [-0.15, -0.1) is 11.8 Å². The van der Waals surface area contributed by atoms with Crippen molar-refractivity contribution in [3.63, 3.8) is 0 Å². The van der Waals surface area contributed by atoms with Gasteiger partial charge in [0.25, 0.3) is 0 Å². The Labute approximate surface area is 179 Å². The van der Waals surface area contributed by atoms with E-state index in [1.165, 1.54) is 30.8 Å². The quantitative estimate of drug-likeness (QED) is 0.698. The summed E-state index contributed by atoms with van der Waals surface area (Å²) in [6.45, 7) is 1.73. The van der Waals surface area contributed by atoms with Crippen molar-refractivity contribution in [1.82, 2.24) is 5.32 Å². The molecule has 1 heterocycles. The Morgan fingerprint density at radius 1 is 1.28 bits per heavy atom. The average molecular weight is 453 g/mol. The van der Waals surface area contributed by atoms with Crippen molar-refractivity contribution in [3.8, 4) is 0 Å². The third-order valence-corrected chi connectivity index (χ3v) is 8.16. The molecule has 1 aliphatic heterocycles. The molecule has 0 bridgehead atoms. The lowest BCUT2D eigenvalue weighted by Crippen LogP contribution is -2.29. The van der Waals surface area contributed by atoms with Gasteiger partial charge in [-0.05, 0) is 36.8 Å². The van der Waals surface area contributed by atoms with Crippen LogP contribution in [0.1, 0.15) is 25.3 Å². The van der Waals surface area contributed by atoms with Gasteiger partial charge in [-0.25, -0.2) is 8.42 Å². The zero-order valence-electron chi connectivity index (χ0n) is 15.8. The Bertz CT molecular complexity index is 1040. The van der Waals surface area contributed by atoms with E-state index in [1.807, 2.05) is 6.07 Å². The summed E-state index contributed by atoms with van der Waals surface area (Å²) >= 11 is 7.57. The van der Waals surface area contributed by atoms with Gasteiger partial charge in [-0.2, -0.15) is 0 Å². The number of carbonyl (C=O) groups excluding carboxylic acids is 2. The zero-order valence-corrected chi connectivity index (χ0v) is 18.2. The first-order valence-electron chi connectivity index (χ1n) is 9.08. The monoisotopic (exact) mass is 452 g/mol. The summed E-state index contributed by atoms with van der Waals surface area (Å²) < 4.78 is 25.9.